The number of halogens is 1. The molecule has 0 bridgehead atoms. The Morgan fingerprint density at radius 2 is 1.59 bits per heavy atom. The van der Waals surface area contributed by atoms with E-state index in [1.54, 1.807) is 0 Å². The number of aryl methyl sites for hydroxylation is 2. The molecule has 0 spiro atoms. The zero-order chi connectivity index (χ0) is 12.4. The fourth-order valence-corrected chi connectivity index (χ4v) is 2.00. The van der Waals surface area contributed by atoms with Crippen LogP contribution >= 0.6 is 22.6 Å². The zero-order valence-corrected chi connectivity index (χ0v) is 12.1. The van der Waals surface area contributed by atoms with Crippen molar-refractivity contribution in [2.45, 2.75) is 13.8 Å². The molecule has 0 amide bonds. The Balaban J connectivity index is 2.30. The van der Waals surface area contributed by atoms with E-state index in [0.29, 0.717) is 0 Å². The fraction of sp³-hybridized carbons (Fsp3) is 0.143. The summed E-state index contributed by atoms with van der Waals surface area (Å²) in [7, 11) is 0. The SMILES string of the molecule is Cc1cc(N)c(Nc2ccc(I)cc2)cc1C. The Kier molecular flexibility index (Phi) is 3.57. The molecule has 0 saturated carbocycles. The van der Waals surface area contributed by atoms with Gasteiger partial charge in [-0.1, -0.05) is 0 Å². The lowest BCUT2D eigenvalue weighted by Gasteiger charge is -2.12. The molecule has 0 saturated heterocycles. The molecule has 2 aromatic carbocycles. The molecule has 3 N–H and O–H groups in total. The minimum Gasteiger partial charge on any atom is -0.397 e. The van der Waals surface area contributed by atoms with Gasteiger partial charge in [0.2, 0.25) is 0 Å². The van der Waals surface area contributed by atoms with Crippen molar-refractivity contribution < 1.29 is 0 Å². The zero-order valence-electron chi connectivity index (χ0n) is 9.92. The van der Waals surface area contributed by atoms with Crippen molar-refractivity contribution in [3.63, 3.8) is 0 Å². The lowest BCUT2D eigenvalue weighted by molar-refractivity contribution is 1.34. The first-order valence-corrected chi connectivity index (χ1v) is 6.53. The van der Waals surface area contributed by atoms with E-state index >= 15 is 0 Å². The molecular weight excluding hydrogens is 323 g/mol. The van der Waals surface area contributed by atoms with Gasteiger partial charge in [-0.15, -0.1) is 0 Å². The summed E-state index contributed by atoms with van der Waals surface area (Å²) in [5.74, 6) is 0. The molecule has 2 rings (SSSR count). The van der Waals surface area contributed by atoms with E-state index < -0.39 is 0 Å². The van der Waals surface area contributed by atoms with Crippen LogP contribution in [0.25, 0.3) is 0 Å². The monoisotopic (exact) mass is 338 g/mol. The van der Waals surface area contributed by atoms with Gasteiger partial charge in [0.1, 0.15) is 0 Å². The van der Waals surface area contributed by atoms with Crippen LogP contribution in [-0.2, 0) is 0 Å². The van der Waals surface area contributed by atoms with Gasteiger partial charge in [0.25, 0.3) is 0 Å². The second-order valence-corrected chi connectivity index (χ2v) is 5.40. The lowest BCUT2D eigenvalue weighted by Crippen LogP contribution is -1.98. The average Bonchev–Trinajstić information content (AvgIpc) is 2.29. The first-order chi connectivity index (χ1) is 8.06. The summed E-state index contributed by atoms with van der Waals surface area (Å²) >= 11 is 2.29. The molecule has 0 unspecified atom stereocenters. The Morgan fingerprint density at radius 1 is 1.00 bits per heavy atom. The van der Waals surface area contributed by atoms with Crippen molar-refractivity contribution in [2.75, 3.05) is 11.1 Å². The quantitative estimate of drug-likeness (QED) is 0.635. The number of nitrogens with one attached hydrogen (secondary N) is 1. The second-order valence-electron chi connectivity index (χ2n) is 4.16. The van der Waals surface area contributed by atoms with E-state index in [9.17, 15) is 0 Å². The molecule has 0 aliphatic heterocycles. The molecule has 0 aliphatic carbocycles. The summed E-state index contributed by atoms with van der Waals surface area (Å²) in [6, 6.07) is 12.3. The lowest BCUT2D eigenvalue weighted by atomic mass is 10.1. The third-order valence-electron chi connectivity index (χ3n) is 2.79. The number of anilines is 3. The first-order valence-electron chi connectivity index (χ1n) is 5.45. The van der Waals surface area contributed by atoms with E-state index in [1.807, 2.05) is 6.07 Å². The van der Waals surface area contributed by atoms with Gasteiger partial charge in [-0.05, 0) is 84.0 Å². The van der Waals surface area contributed by atoms with Gasteiger partial charge in [0, 0.05) is 9.26 Å². The Morgan fingerprint density at radius 3 is 2.24 bits per heavy atom. The molecule has 0 fully saturated rings. The number of nitrogens with two attached hydrogens (primary N) is 1. The Labute approximate surface area is 115 Å². The summed E-state index contributed by atoms with van der Waals surface area (Å²) in [6.07, 6.45) is 0. The van der Waals surface area contributed by atoms with Gasteiger partial charge >= 0.3 is 0 Å². The van der Waals surface area contributed by atoms with E-state index in [2.05, 4.69) is 72.1 Å². The highest BCUT2D eigenvalue weighted by Gasteiger charge is 2.02. The van der Waals surface area contributed by atoms with Crippen LogP contribution in [0, 0.1) is 17.4 Å². The van der Waals surface area contributed by atoms with Crippen molar-refractivity contribution >= 4 is 39.7 Å². The normalized spacial score (nSPS) is 10.3. The molecule has 0 heterocycles. The maximum Gasteiger partial charge on any atom is 0.0620 e. The molecule has 3 heteroatoms. The topological polar surface area (TPSA) is 38.0 Å². The molecule has 0 aromatic heterocycles. The van der Waals surface area contributed by atoms with Crippen molar-refractivity contribution in [1.29, 1.82) is 0 Å². The van der Waals surface area contributed by atoms with Crippen molar-refractivity contribution in [3.05, 3.63) is 51.1 Å². The van der Waals surface area contributed by atoms with Crippen LogP contribution in [-0.4, -0.2) is 0 Å². The summed E-state index contributed by atoms with van der Waals surface area (Å²) in [6.45, 7) is 4.16. The van der Waals surface area contributed by atoms with Gasteiger partial charge in [-0.25, -0.2) is 0 Å². The second kappa shape index (κ2) is 4.96. The standard InChI is InChI=1S/C14H15IN2/c1-9-7-13(16)14(8-10(9)2)17-12-5-3-11(15)4-6-12/h3-8,17H,16H2,1-2H3. The average molecular weight is 338 g/mol. The Bertz CT molecular complexity index is 533. The van der Waals surface area contributed by atoms with E-state index in [-0.39, 0.29) is 0 Å². The first kappa shape index (κ1) is 12.2. The molecule has 0 aliphatic rings. The van der Waals surface area contributed by atoms with Crippen molar-refractivity contribution in [3.8, 4) is 0 Å². The van der Waals surface area contributed by atoms with Gasteiger partial charge in [0.05, 0.1) is 11.4 Å². The number of rotatable bonds is 2. The predicted molar refractivity (Wildman–Crippen MR) is 82.8 cm³/mol. The van der Waals surface area contributed by atoms with Crippen molar-refractivity contribution in [2.24, 2.45) is 0 Å². The predicted octanol–water partition coefficient (Wildman–Crippen LogP) is 4.23. The maximum absolute atomic E-state index is 6.00. The van der Waals surface area contributed by atoms with E-state index in [4.69, 9.17) is 5.73 Å². The minimum absolute atomic E-state index is 0.784. The van der Waals surface area contributed by atoms with Crippen LogP contribution in [0.4, 0.5) is 17.1 Å². The van der Waals surface area contributed by atoms with Crippen LogP contribution in [0.1, 0.15) is 11.1 Å². The molecule has 2 aromatic rings. The third-order valence-corrected chi connectivity index (χ3v) is 3.51. The van der Waals surface area contributed by atoms with Crippen molar-refractivity contribution in [1.82, 2.24) is 0 Å². The van der Waals surface area contributed by atoms with Crippen LogP contribution in [0.2, 0.25) is 0 Å². The molecule has 17 heavy (non-hydrogen) atoms. The molecular formula is C14H15IN2. The van der Waals surface area contributed by atoms with Gasteiger partial charge < -0.3 is 11.1 Å². The number of hydrogen-bond acceptors (Lipinski definition) is 2. The highest BCUT2D eigenvalue weighted by atomic mass is 127. The minimum atomic E-state index is 0.784. The van der Waals surface area contributed by atoms with Gasteiger partial charge in [-0.3, -0.25) is 0 Å². The highest BCUT2D eigenvalue weighted by Crippen LogP contribution is 2.26. The largest absolute Gasteiger partial charge is 0.397 e. The van der Waals surface area contributed by atoms with E-state index in [1.165, 1.54) is 14.7 Å². The van der Waals surface area contributed by atoms with Gasteiger partial charge in [-0.2, -0.15) is 0 Å². The fourth-order valence-electron chi connectivity index (χ4n) is 1.64. The Hall–Kier alpha value is -1.23. The van der Waals surface area contributed by atoms with Crippen LogP contribution < -0.4 is 11.1 Å². The highest BCUT2D eigenvalue weighted by molar-refractivity contribution is 14.1. The third kappa shape index (κ3) is 2.91. The molecule has 0 atom stereocenters. The molecule has 88 valence electrons. The molecule has 0 radical (unpaired) electrons. The van der Waals surface area contributed by atoms with E-state index in [0.717, 1.165) is 17.1 Å². The number of hydrogen-bond donors (Lipinski definition) is 2. The van der Waals surface area contributed by atoms with Crippen LogP contribution in [0.3, 0.4) is 0 Å². The van der Waals surface area contributed by atoms with Crippen LogP contribution in [0.5, 0.6) is 0 Å². The smallest absolute Gasteiger partial charge is 0.0620 e. The summed E-state index contributed by atoms with van der Waals surface area (Å²) in [5.41, 5.74) is 11.3. The molecule has 2 nitrogen and oxygen atoms in total. The summed E-state index contributed by atoms with van der Waals surface area (Å²) < 4.78 is 1.22. The number of nitrogen functional groups attached to an aromatic ring is 1. The van der Waals surface area contributed by atoms with Gasteiger partial charge in [0.15, 0.2) is 0 Å². The number of benzene rings is 2. The maximum atomic E-state index is 6.00. The summed E-state index contributed by atoms with van der Waals surface area (Å²) in [4.78, 5) is 0. The summed E-state index contributed by atoms with van der Waals surface area (Å²) in [5, 5.41) is 3.34. The van der Waals surface area contributed by atoms with Crippen LogP contribution in [0.15, 0.2) is 36.4 Å².